The number of carbonyl (C=O) groups excluding carboxylic acids is 2. The van der Waals surface area contributed by atoms with Gasteiger partial charge in [0.25, 0.3) is 5.56 Å². The molecule has 0 spiro atoms. The van der Waals surface area contributed by atoms with Gasteiger partial charge in [-0.1, -0.05) is 20.8 Å². The number of rotatable bonds is 8. The summed E-state index contributed by atoms with van der Waals surface area (Å²) in [6.45, 7) is 8.51. The van der Waals surface area contributed by atoms with Gasteiger partial charge in [0, 0.05) is 6.42 Å². The van der Waals surface area contributed by atoms with Crippen LogP contribution in [0.25, 0.3) is 0 Å². The van der Waals surface area contributed by atoms with E-state index in [0.29, 0.717) is 12.8 Å². The molecule has 184 valence electrons. The van der Waals surface area contributed by atoms with E-state index in [0.717, 1.165) is 10.8 Å². The Balaban J connectivity index is 1.76. The molecule has 11 nitrogen and oxygen atoms in total. The smallest absolute Gasteiger partial charge is 0.330 e. The zero-order chi connectivity index (χ0) is 24.5. The fourth-order valence-electron chi connectivity index (χ4n) is 3.89. The number of aromatic nitrogens is 2. The molecule has 12 heteroatoms. The van der Waals surface area contributed by atoms with Crippen molar-refractivity contribution >= 4 is 11.9 Å². The molecule has 1 aromatic heterocycles. The number of fused-ring (bicyclic) bond motifs is 1. The van der Waals surface area contributed by atoms with Crippen LogP contribution < -0.4 is 16.6 Å². The molecule has 2 fully saturated rings. The number of nitrogens with zero attached hydrogens (tertiary/aromatic N) is 1. The average Bonchev–Trinajstić information content (AvgIpc) is 3.20. The lowest BCUT2D eigenvalue weighted by Gasteiger charge is -2.25. The number of nitrogens with one attached hydrogen (secondary N) is 2. The van der Waals surface area contributed by atoms with Gasteiger partial charge in [-0.3, -0.25) is 19.1 Å². The van der Waals surface area contributed by atoms with Crippen LogP contribution in [0.5, 0.6) is 0 Å². The first kappa shape index (κ1) is 25.1. The molecule has 3 heterocycles. The summed E-state index contributed by atoms with van der Waals surface area (Å²) in [6.07, 6.45) is -1.84. The summed E-state index contributed by atoms with van der Waals surface area (Å²) in [4.78, 5) is 50.2. The fourth-order valence-corrected chi connectivity index (χ4v) is 3.89. The minimum absolute atomic E-state index is 0.212. The van der Waals surface area contributed by atoms with Crippen LogP contribution in [-0.4, -0.2) is 58.2 Å². The minimum Gasteiger partial charge on any atom is -0.461 e. The Kier molecular flexibility index (Phi) is 7.39. The van der Waals surface area contributed by atoms with Crippen molar-refractivity contribution in [1.29, 1.82) is 0 Å². The SMILES string of the molecule is CCCC(=O)N[C@H](C(=O)OC[C@H]1O[C@@H](n2cc(F)c(=O)[nH]c2=O)[C@@H]2OC(C)(C)O[C@@H]21)C(C)C. The van der Waals surface area contributed by atoms with Crippen LogP contribution >= 0.6 is 0 Å². The average molecular weight is 471 g/mol. The second-order valence-corrected chi connectivity index (χ2v) is 8.94. The predicted octanol–water partition coefficient (Wildman–Crippen LogP) is 0.577. The van der Waals surface area contributed by atoms with Gasteiger partial charge in [-0.05, 0) is 26.2 Å². The highest BCUT2D eigenvalue weighted by Gasteiger charge is 2.56. The summed E-state index contributed by atoms with van der Waals surface area (Å²) >= 11 is 0. The van der Waals surface area contributed by atoms with Crippen molar-refractivity contribution in [3.05, 3.63) is 32.9 Å². The number of ether oxygens (including phenoxy) is 4. The number of H-pyrrole nitrogens is 1. The number of hydrogen-bond acceptors (Lipinski definition) is 8. The van der Waals surface area contributed by atoms with Crippen LogP contribution in [0.15, 0.2) is 15.8 Å². The van der Waals surface area contributed by atoms with Crippen LogP contribution in [0, 0.1) is 11.7 Å². The van der Waals surface area contributed by atoms with Crippen molar-refractivity contribution in [1.82, 2.24) is 14.9 Å². The third-order valence-electron chi connectivity index (χ3n) is 5.43. The van der Waals surface area contributed by atoms with Gasteiger partial charge in [0.2, 0.25) is 11.7 Å². The van der Waals surface area contributed by atoms with E-state index < -0.39 is 59.4 Å². The third kappa shape index (κ3) is 5.50. The molecule has 2 aliphatic heterocycles. The van der Waals surface area contributed by atoms with Crippen LogP contribution in [0.2, 0.25) is 0 Å². The third-order valence-corrected chi connectivity index (χ3v) is 5.43. The molecular weight excluding hydrogens is 441 g/mol. The van der Waals surface area contributed by atoms with Gasteiger partial charge in [-0.15, -0.1) is 0 Å². The monoisotopic (exact) mass is 471 g/mol. The van der Waals surface area contributed by atoms with Crippen LogP contribution in [0.1, 0.15) is 53.7 Å². The Bertz CT molecular complexity index is 1000. The van der Waals surface area contributed by atoms with Crippen LogP contribution in [0.4, 0.5) is 4.39 Å². The molecule has 2 saturated heterocycles. The van der Waals surface area contributed by atoms with Gasteiger partial charge in [0.05, 0.1) is 6.20 Å². The number of carbonyl (C=O) groups is 2. The van der Waals surface area contributed by atoms with Crippen molar-refractivity contribution in [2.45, 2.75) is 83.8 Å². The fraction of sp³-hybridized carbons (Fsp3) is 0.714. The molecule has 0 aliphatic carbocycles. The molecule has 2 N–H and O–H groups in total. The lowest BCUT2D eigenvalue weighted by Crippen LogP contribution is -2.46. The number of hydrogen-bond donors (Lipinski definition) is 2. The first-order chi connectivity index (χ1) is 15.4. The quantitative estimate of drug-likeness (QED) is 0.525. The van der Waals surface area contributed by atoms with E-state index in [1.165, 1.54) is 0 Å². The highest BCUT2D eigenvalue weighted by molar-refractivity contribution is 5.84. The van der Waals surface area contributed by atoms with Crippen molar-refractivity contribution in [2.75, 3.05) is 6.61 Å². The van der Waals surface area contributed by atoms with Gasteiger partial charge in [-0.25, -0.2) is 9.59 Å². The van der Waals surface area contributed by atoms with Gasteiger partial charge >= 0.3 is 11.7 Å². The topological polar surface area (TPSA) is 138 Å². The van der Waals surface area contributed by atoms with Gasteiger partial charge in [0.15, 0.2) is 12.0 Å². The maximum absolute atomic E-state index is 13.8. The number of halogens is 1. The van der Waals surface area contributed by atoms with E-state index in [2.05, 4.69) is 5.32 Å². The highest BCUT2D eigenvalue weighted by Crippen LogP contribution is 2.42. The second-order valence-electron chi connectivity index (χ2n) is 8.94. The normalized spacial score (nSPS) is 26.8. The molecule has 3 rings (SSSR count). The molecule has 0 aromatic carbocycles. The molecule has 0 bridgehead atoms. The highest BCUT2D eigenvalue weighted by atomic mass is 19.1. The number of aromatic amines is 1. The summed E-state index contributed by atoms with van der Waals surface area (Å²) in [5, 5.41) is 2.67. The Labute approximate surface area is 189 Å². The standard InChI is InChI=1S/C21H30FN3O8/c1-6-7-13(26)23-14(10(2)3)19(28)30-9-12-15-16(33-21(4,5)32-15)18(31-12)25-8-11(22)17(27)24-20(25)29/h8,10,12,14-16,18H,6-7,9H2,1-5H3,(H,23,26)(H,24,27,29)/t12-,14+,15-,16-,18-/m1/s1. The zero-order valence-corrected chi connectivity index (χ0v) is 19.3. The molecule has 0 radical (unpaired) electrons. The van der Waals surface area contributed by atoms with Gasteiger partial charge in [0.1, 0.15) is 31.0 Å². The van der Waals surface area contributed by atoms with Crippen molar-refractivity contribution < 1.29 is 32.9 Å². The van der Waals surface area contributed by atoms with E-state index in [9.17, 15) is 23.6 Å². The number of amides is 1. The lowest BCUT2D eigenvalue weighted by atomic mass is 10.0. The van der Waals surface area contributed by atoms with E-state index in [1.807, 2.05) is 11.9 Å². The lowest BCUT2D eigenvalue weighted by molar-refractivity contribution is -0.203. The first-order valence-corrected chi connectivity index (χ1v) is 10.9. The summed E-state index contributed by atoms with van der Waals surface area (Å²) in [7, 11) is 0. The van der Waals surface area contributed by atoms with Crippen molar-refractivity contribution in [2.24, 2.45) is 5.92 Å². The summed E-state index contributed by atoms with van der Waals surface area (Å²) < 4.78 is 37.7. The zero-order valence-electron chi connectivity index (χ0n) is 19.3. The van der Waals surface area contributed by atoms with Gasteiger partial charge in [-0.2, -0.15) is 4.39 Å². The molecule has 1 aromatic rings. The van der Waals surface area contributed by atoms with E-state index in [-0.39, 0.29) is 18.4 Å². The molecule has 0 saturated carbocycles. The molecule has 1 amide bonds. The first-order valence-electron chi connectivity index (χ1n) is 10.9. The van der Waals surface area contributed by atoms with Crippen LogP contribution in [-0.2, 0) is 28.5 Å². The van der Waals surface area contributed by atoms with E-state index >= 15 is 0 Å². The van der Waals surface area contributed by atoms with E-state index in [1.54, 1.807) is 27.7 Å². The maximum Gasteiger partial charge on any atom is 0.330 e. The molecular formula is C21H30FN3O8. The van der Waals surface area contributed by atoms with Crippen LogP contribution in [0.3, 0.4) is 0 Å². The summed E-state index contributed by atoms with van der Waals surface area (Å²) in [5.74, 6) is -3.29. The van der Waals surface area contributed by atoms with E-state index in [4.69, 9.17) is 18.9 Å². The summed E-state index contributed by atoms with van der Waals surface area (Å²) in [6, 6.07) is -0.842. The molecule has 2 aliphatic rings. The Morgan fingerprint density at radius 3 is 2.58 bits per heavy atom. The van der Waals surface area contributed by atoms with Crippen molar-refractivity contribution in [3.8, 4) is 0 Å². The molecule has 33 heavy (non-hydrogen) atoms. The number of esters is 1. The predicted molar refractivity (Wildman–Crippen MR) is 112 cm³/mol. The maximum atomic E-state index is 13.8. The van der Waals surface area contributed by atoms with Crippen molar-refractivity contribution in [3.63, 3.8) is 0 Å². The summed E-state index contributed by atoms with van der Waals surface area (Å²) in [5.41, 5.74) is -2.03. The Morgan fingerprint density at radius 2 is 1.94 bits per heavy atom. The Hall–Kier alpha value is -2.57. The van der Waals surface area contributed by atoms with Gasteiger partial charge < -0.3 is 24.3 Å². The molecule has 5 atom stereocenters. The molecule has 0 unspecified atom stereocenters. The largest absolute Gasteiger partial charge is 0.461 e. The minimum atomic E-state index is -1.16. The second kappa shape index (κ2) is 9.74. The Morgan fingerprint density at radius 1 is 1.27 bits per heavy atom.